The Hall–Kier alpha value is -1.72. The van der Waals surface area contributed by atoms with Gasteiger partial charge in [0.1, 0.15) is 11.5 Å². The molecule has 19 heavy (non-hydrogen) atoms. The number of benzene rings is 1. The lowest BCUT2D eigenvalue weighted by atomic mass is 10.1. The molecule has 0 aliphatic heterocycles. The zero-order valence-corrected chi connectivity index (χ0v) is 10.9. The Morgan fingerprint density at radius 2 is 2.26 bits per heavy atom. The molecule has 4 nitrogen and oxygen atoms in total. The molecule has 0 aliphatic carbocycles. The van der Waals surface area contributed by atoms with Crippen molar-refractivity contribution in [3.05, 3.63) is 52.8 Å². The van der Waals surface area contributed by atoms with Gasteiger partial charge >= 0.3 is 0 Å². The van der Waals surface area contributed by atoms with Crippen molar-refractivity contribution in [2.24, 2.45) is 5.73 Å². The normalized spacial score (nSPS) is 10.7. The summed E-state index contributed by atoms with van der Waals surface area (Å²) < 4.78 is 15.0. The van der Waals surface area contributed by atoms with Gasteiger partial charge in [-0.05, 0) is 11.6 Å². The highest BCUT2D eigenvalue weighted by atomic mass is 35.5. The summed E-state index contributed by atoms with van der Waals surface area (Å²) in [5, 5.41) is -0.0164. The lowest BCUT2D eigenvalue weighted by Gasteiger charge is -2.03. The zero-order chi connectivity index (χ0) is 13.8. The van der Waals surface area contributed by atoms with Gasteiger partial charge in [0, 0.05) is 25.7 Å². The first-order valence-electron chi connectivity index (χ1n) is 5.79. The molecule has 0 atom stereocenters. The van der Waals surface area contributed by atoms with Crippen molar-refractivity contribution in [2.75, 3.05) is 6.54 Å². The summed E-state index contributed by atoms with van der Waals surface area (Å²) in [7, 11) is 0. The lowest BCUT2D eigenvalue weighted by Crippen LogP contribution is -2.08. The molecular weight excluding hydrogens is 269 g/mol. The zero-order valence-electron chi connectivity index (χ0n) is 10.1. The van der Waals surface area contributed by atoms with E-state index in [-0.39, 0.29) is 17.2 Å². The molecule has 0 amide bonds. The number of ketones is 1. The highest BCUT2D eigenvalue weighted by Gasteiger charge is 2.14. The van der Waals surface area contributed by atoms with E-state index in [4.69, 9.17) is 17.3 Å². The fraction of sp³-hybridized carbons (Fsp3) is 0.231. The van der Waals surface area contributed by atoms with Crippen LogP contribution in [0.1, 0.15) is 16.1 Å². The van der Waals surface area contributed by atoms with Crippen LogP contribution in [0.15, 0.2) is 30.7 Å². The first-order valence-corrected chi connectivity index (χ1v) is 6.17. The van der Waals surface area contributed by atoms with E-state index in [1.54, 1.807) is 23.2 Å². The number of hydrogen-bond donors (Lipinski definition) is 1. The van der Waals surface area contributed by atoms with E-state index >= 15 is 0 Å². The summed E-state index contributed by atoms with van der Waals surface area (Å²) in [6.07, 6.45) is 3.20. The second kappa shape index (κ2) is 5.95. The van der Waals surface area contributed by atoms with Gasteiger partial charge in [-0.3, -0.25) is 4.79 Å². The molecule has 2 rings (SSSR count). The Morgan fingerprint density at radius 3 is 3.00 bits per heavy atom. The number of hydrogen-bond acceptors (Lipinski definition) is 3. The molecule has 1 heterocycles. The fourth-order valence-electron chi connectivity index (χ4n) is 1.72. The van der Waals surface area contributed by atoms with E-state index in [0.29, 0.717) is 24.3 Å². The third kappa shape index (κ3) is 3.19. The lowest BCUT2D eigenvalue weighted by molar-refractivity contribution is 0.0988. The van der Waals surface area contributed by atoms with Crippen LogP contribution in [0.5, 0.6) is 0 Å². The minimum Gasteiger partial charge on any atom is -0.335 e. The molecule has 0 bridgehead atoms. The van der Waals surface area contributed by atoms with Crippen molar-refractivity contribution in [3.63, 3.8) is 0 Å². The summed E-state index contributed by atoms with van der Waals surface area (Å²) in [5.74, 6) is -0.733. The van der Waals surface area contributed by atoms with Crippen LogP contribution in [-0.4, -0.2) is 21.9 Å². The Balaban J connectivity index is 2.14. The van der Waals surface area contributed by atoms with Gasteiger partial charge in [-0.15, -0.1) is 0 Å². The van der Waals surface area contributed by atoms with Gasteiger partial charge in [0.2, 0.25) is 0 Å². The molecule has 100 valence electrons. The van der Waals surface area contributed by atoms with Crippen LogP contribution in [0.3, 0.4) is 0 Å². The van der Waals surface area contributed by atoms with Gasteiger partial charge in [0.25, 0.3) is 0 Å². The average Bonchev–Trinajstić information content (AvgIpc) is 2.84. The third-order valence-corrected chi connectivity index (χ3v) is 3.11. The van der Waals surface area contributed by atoms with Gasteiger partial charge in [-0.2, -0.15) is 0 Å². The molecular formula is C13H13ClFN3O. The van der Waals surface area contributed by atoms with Crippen molar-refractivity contribution in [2.45, 2.75) is 13.0 Å². The minimum atomic E-state index is -0.527. The van der Waals surface area contributed by atoms with Crippen molar-refractivity contribution in [1.29, 1.82) is 0 Å². The van der Waals surface area contributed by atoms with Crippen molar-refractivity contribution < 1.29 is 9.18 Å². The smallest absolute Gasteiger partial charge is 0.187 e. The molecule has 2 aromatic rings. The summed E-state index contributed by atoms with van der Waals surface area (Å²) >= 11 is 5.81. The summed E-state index contributed by atoms with van der Waals surface area (Å²) in [4.78, 5) is 16.0. The van der Waals surface area contributed by atoms with Crippen LogP contribution in [0.2, 0.25) is 5.02 Å². The standard InChI is InChI=1S/C13H13ClFN3O/c14-13-9(2-1-3-10(13)15)6-12(19)11-7-18(5-4-16)8-17-11/h1-3,7-8H,4-6,16H2. The molecule has 1 aromatic carbocycles. The highest BCUT2D eigenvalue weighted by Crippen LogP contribution is 2.21. The number of nitrogens with two attached hydrogens (primary N) is 1. The topological polar surface area (TPSA) is 60.9 Å². The average molecular weight is 282 g/mol. The van der Waals surface area contributed by atoms with Crippen LogP contribution in [0.4, 0.5) is 4.39 Å². The van der Waals surface area contributed by atoms with Crippen molar-refractivity contribution in [3.8, 4) is 0 Å². The Bertz CT molecular complexity index is 597. The number of carbonyl (C=O) groups excluding carboxylic acids is 1. The number of Topliss-reactive ketones (excluding diaryl/α,β-unsaturated/α-hetero) is 1. The van der Waals surface area contributed by atoms with E-state index in [0.717, 1.165) is 0 Å². The number of rotatable bonds is 5. The van der Waals surface area contributed by atoms with Crippen LogP contribution in [0.25, 0.3) is 0 Å². The monoisotopic (exact) mass is 281 g/mol. The van der Waals surface area contributed by atoms with Crippen molar-refractivity contribution in [1.82, 2.24) is 9.55 Å². The number of halogens is 2. The van der Waals surface area contributed by atoms with Gasteiger partial charge in [0.05, 0.1) is 11.3 Å². The highest BCUT2D eigenvalue weighted by molar-refractivity contribution is 6.31. The molecule has 0 radical (unpaired) electrons. The largest absolute Gasteiger partial charge is 0.335 e. The predicted molar refractivity (Wildman–Crippen MR) is 70.7 cm³/mol. The second-order valence-corrected chi connectivity index (χ2v) is 4.48. The number of carbonyl (C=O) groups is 1. The van der Waals surface area contributed by atoms with Gasteiger partial charge in [0.15, 0.2) is 5.78 Å². The molecule has 0 saturated carbocycles. The molecule has 1 aromatic heterocycles. The molecule has 0 aliphatic rings. The second-order valence-electron chi connectivity index (χ2n) is 4.10. The fourth-order valence-corrected chi connectivity index (χ4v) is 1.92. The third-order valence-electron chi connectivity index (χ3n) is 2.69. The molecule has 0 unspecified atom stereocenters. The molecule has 0 fully saturated rings. The van der Waals surface area contributed by atoms with Gasteiger partial charge in [-0.25, -0.2) is 9.37 Å². The maximum atomic E-state index is 13.3. The van der Waals surface area contributed by atoms with E-state index < -0.39 is 5.82 Å². The quantitative estimate of drug-likeness (QED) is 0.854. The first kappa shape index (κ1) is 13.7. The van der Waals surface area contributed by atoms with E-state index in [9.17, 15) is 9.18 Å². The van der Waals surface area contributed by atoms with Crippen LogP contribution in [0, 0.1) is 5.82 Å². The number of nitrogens with zero attached hydrogens (tertiary/aromatic N) is 2. The van der Waals surface area contributed by atoms with E-state index in [1.165, 1.54) is 12.1 Å². The predicted octanol–water partition coefficient (Wildman–Crippen LogP) is 2.06. The first-order chi connectivity index (χ1) is 9.11. The van der Waals surface area contributed by atoms with Crippen LogP contribution < -0.4 is 5.73 Å². The van der Waals surface area contributed by atoms with Gasteiger partial charge in [-0.1, -0.05) is 23.7 Å². The maximum Gasteiger partial charge on any atom is 0.187 e. The minimum absolute atomic E-state index is 0.0164. The molecule has 6 heteroatoms. The SMILES string of the molecule is NCCn1cnc(C(=O)Cc2cccc(F)c2Cl)c1. The molecule has 0 saturated heterocycles. The Kier molecular flexibility index (Phi) is 4.29. The number of aromatic nitrogens is 2. The maximum absolute atomic E-state index is 13.3. The number of imidazole rings is 1. The van der Waals surface area contributed by atoms with E-state index in [1.807, 2.05) is 0 Å². The molecule has 0 spiro atoms. The van der Waals surface area contributed by atoms with Crippen LogP contribution in [-0.2, 0) is 13.0 Å². The van der Waals surface area contributed by atoms with Crippen molar-refractivity contribution >= 4 is 17.4 Å². The summed E-state index contributed by atoms with van der Waals surface area (Å²) in [5.41, 5.74) is 6.20. The van der Waals surface area contributed by atoms with E-state index in [2.05, 4.69) is 4.98 Å². The summed E-state index contributed by atoms with van der Waals surface area (Å²) in [6, 6.07) is 4.41. The Morgan fingerprint density at radius 1 is 1.47 bits per heavy atom. The Labute approximate surface area is 115 Å². The van der Waals surface area contributed by atoms with Crippen LogP contribution >= 0.6 is 11.6 Å². The molecule has 2 N–H and O–H groups in total. The summed E-state index contributed by atoms with van der Waals surface area (Å²) in [6.45, 7) is 1.07. The van der Waals surface area contributed by atoms with Gasteiger partial charge < -0.3 is 10.3 Å².